The van der Waals surface area contributed by atoms with Gasteiger partial charge in [-0.05, 0) is 42.3 Å². The summed E-state index contributed by atoms with van der Waals surface area (Å²) in [6.07, 6.45) is 0.436. The highest BCUT2D eigenvalue weighted by Crippen LogP contribution is 2.27. The Morgan fingerprint density at radius 1 is 1.17 bits per heavy atom. The molecule has 0 spiro atoms. The fraction of sp³-hybridized carbons (Fsp3) is 0.125. The number of benzene rings is 2. The minimum absolute atomic E-state index is 0.0249. The molecule has 0 bridgehead atoms. The highest BCUT2D eigenvalue weighted by Gasteiger charge is 2.21. The van der Waals surface area contributed by atoms with Gasteiger partial charge in [-0.25, -0.2) is 4.79 Å². The number of fused-ring (bicyclic) bond motifs is 2. The Morgan fingerprint density at radius 2 is 1.88 bits per heavy atom. The zero-order valence-electron chi connectivity index (χ0n) is 12.4. The van der Waals surface area contributed by atoms with Crippen molar-refractivity contribution in [1.29, 1.82) is 0 Å². The molecule has 0 aliphatic heterocycles. The third-order valence-electron chi connectivity index (χ3n) is 3.73. The van der Waals surface area contributed by atoms with E-state index in [0.29, 0.717) is 12.0 Å². The summed E-state index contributed by atoms with van der Waals surface area (Å²) in [6, 6.07) is 6.42. The molecule has 3 rings (SSSR count). The summed E-state index contributed by atoms with van der Waals surface area (Å²) in [4.78, 5) is 23.3. The van der Waals surface area contributed by atoms with Gasteiger partial charge in [-0.1, -0.05) is 6.92 Å². The number of hydrogen-bond donors (Lipinski definition) is 2. The van der Waals surface area contributed by atoms with E-state index in [4.69, 9.17) is 9.52 Å². The quantitative estimate of drug-likeness (QED) is 0.550. The van der Waals surface area contributed by atoms with Crippen LogP contribution in [0.25, 0.3) is 21.9 Å². The van der Waals surface area contributed by atoms with Crippen LogP contribution in [0.3, 0.4) is 0 Å². The van der Waals surface area contributed by atoms with Crippen LogP contribution in [0.1, 0.15) is 22.8 Å². The van der Waals surface area contributed by atoms with E-state index >= 15 is 0 Å². The van der Waals surface area contributed by atoms with Crippen LogP contribution in [-0.2, 0) is 16.5 Å². The van der Waals surface area contributed by atoms with Gasteiger partial charge in [-0.2, -0.15) is 8.42 Å². The van der Waals surface area contributed by atoms with Crippen molar-refractivity contribution in [3.8, 4) is 0 Å². The molecule has 0 saturated carbocycles. The summed E-state index contributed by atoms with van der Waals surface area (Å²) in [6.45, 7) is 1.76. The lowest BCUT2D eigenvalue weighted by atomic mass is 10.1. The van der Waals surface area contributed by atoms with E-state index < -0.39 is 26.4 Å². The Balaban J connectivity index is 2.54. The first-order chi connectivity index (χ1) is 11.2. The summed E-state index contributed by atoms with van der Waals surface area (Å²) >= 11 is 0. The van der Waals surface area contributed by atoms with Crippen LogP contribution in [0.2, 0.25) is 0 Å². The van der Waals surface area contributed by atoms with Crippen molar-refractivity contribution in [2.75, 3.05) is 0 Å². The van der Waals surface area contributed by atoms with E-state index in [1.54, 1.807) is 6.92 Å². The molecule has 0 fully saturated rings. The van der Waals surface area contributed by atoms with Gasteiger partial charge >= 0.3 is 5.97 Å². The van der Waals surface area contributed by atoms with Gasteiger partial charge < -0.3 is 9.52 Å². The lowest BCUT2D eigenvalue weighted by molar-refractivity contribution is 0.0697. The van der Waals surface area contributed by atoms with Crippen LogP contribution in [0, 0.1) is 0 Å². The van der Waals surface area contributed by atoms with Crippen molar-refractivity contribution in [2.24, 2.45) is 0 Å². The molecule has 0 aliphatic carbocycles. The average Bonchev–Trinajstić information content (AvgIpc) is 2.53. The number of hydrogen-bond acceptors (Lipinski definition) is 5. The maximum Gasteiger partial charge on any atom is 0.335 e. The summed E-state index contributed by atoms with van der Waals surface area (Å²) < 4.78 is 38.1. The highest BCUT2D eigenvalue weighted by molar-refractivity contribution is 7.86. The maximum absolute atomic E-state index is 12.7. The zero-order chi connectivity index (χ0) is 17.6. The second-order valence-corrected chi connectivity index (χ2v) is 6.64. The van der Waals surface area contributed by atoms with Crippen molar-refractivity contribution < 1.29 is 27.3 Å². The molecular weight excluding hydrogens is 336 g/mol. The first-order valence-corrected chi connectivity index (χ1v) is 8.40. The van der Waals surface area contributed by atoms with Crippen molar-refractivity contribution in [3.63, 3.8) is 0 Å². The topological polar surface area (TPSA) is 122 Å². The summed E-state index contributed by atoms with van der Waals surface area (Å²) in [7, 11) is -4.60. The first-order valence-electron chi connectivity index (χ1n) is 6.96. The van der Waals surface area contributed by atoms with Gasteiger partial charge in [0.1, 0.15) is 10.5 Å². The number of aromatic carboxylic acids is 1. The second kappa shape index (κ2) is 5.43. The van der Waals surface area contributed by atoms with E-state index in [-0.39, 0.29) is 27.5 Å². The fourth-order valence-corrected chi connectivity index (χ4v) is 3.20. The lowest BCUT2D eigenvalue weighted by Gasteiger charge is -2.08. The molecule has 0 saturated heterocycles. The molecule has 3 aromatic rings. The van der Waals surface area contributed by atoms with Gasteiger partial charge in [0, 0.05) is 0 Å². The van der Waals surface area contributed by atoms with E-state index in [9.17, 15) is 22.6 Å². The van der Waals surface area contributed by atoms with E-state index in [2.05, 4.69) is 0 Å². The maximum atomic E-state index is 12.7. The third-order valence-corrected chi connectivity index (χ3v) is 4.59. The number of carboxylic acid groups (broad SMARTS) is 1. The normalized spacial score (nSPS) is 11.9. The Kier molecular flexibility index (Phi) is 3.66. The monoisotopic (exact) mass is 348 g/mol. The van der Waals surface area contributed by atoms with Crippen molar-refractivity contribution in [1.82, 2.24) is 0 Å². The van der Waals surface area contributed by atoms with Gasteiger partial charge in [-0.3, -0.25) is 9.35 Å². The van der Waals surface area contributed by atoms with Crippen LogP contribution >= 0.6 is 0 Å². The Morgan fingerprint density at radius 3 is 2.46 bits per heavy atom. The Labute approximate surface area is 135 Å². The fourth-order valence-electron chi connectivity index (χ4n) is 2.51. The number of carbonyl (C=O) groups is 1. The molecule has 24 heavy (non-hydrogen) atoms. The van der Waals surface area contributed by atoms with Crippen molar-refractivity contribution in [2.45, 2.75) is 18.2 Å². The molecule has 1 heterocycles. The average molecular weight is 348 g/mol. The molecule has 2 N–H and O–H groups in total. The van der Waals surface area contributed by atoms with Crippen LogP contribution in [0.5, 0.6) is 0 Å². The molecule has 0 aliphatic rings. The van der Waals surface area contributed by atoms with Crippen LogP contribution < -0.4 is 5.43 Å². The summed E-state index contributed by atoms with van der Waals surface area (Å²) in [5, 5.41) is 9.03. The smallest absolute Gasteiger partial charge is 0.335 e. The molecule has 7 nitrogen and oxygen atoms in total. The second-order valence-electron chi connectivity index (χ2n) is 5.25. The molecule has 2 aromatic carbocycles. The van der Waals surface area contributed by atoms with Gasteiger partial charge in [0.15, 0.2) is 5.58 Å². The van der Waals surface area contributed by atoms with E-state index in [0.717, 1.165) is 0 Å². The van der Waals surface area contributed by atoms with Crippen LogP contribution in [-0.4, -0.2) is 24.0 Å². The molecule has 8 heteroatoms. The number of rotatable bonds is 3. The van der Waals surface area contributed by atoms with Gasteiger partial charge in [-0.15, -0.1) is 0 Å². The summed E-state index contributed by atoms with van der Waals surface area (Å²) in [5.41, 5.74) is -0.344. The predicted octanol–water partition coefficient (Wildman–Crippen LogP) is 2.45. The van der Waals surface area contributed by atoms with Crippen molar-refractivity contribution >= 4 is 38.0 Å². The standard InChI is InChI=1S/C16H12O7S/c1-2-8-5-11-14(17)10-7-9(16(18)19)3-4-12(10)23-15(11)13(6-8)24(20,21)22/h3-7H,2H2,1H3,(H,18,19)(H,20,21,22). The molecule has 0 amide bonds. The predicted molar refractivity (Wildman–Crippen MR) is 86.1 cm³/mol. The van der Waals surface area contributed by atoms with E-state index in [1.165, 1.54) is 30.3 Å². The number of carboxylic acids is 1. The SMILES string of the molecule is CCc1cc(S(=O)(=O)O)c2oc3ccc(C(=O)O)cc3c(=O)c2c1. The molecular formula is C16H12O7S. The Bertz CT molecular complexity index is 1160. The first kappa shape index (κ1) is 16.2. The Hall–Kier alpha value is -2.71. The van der Waals surface area contributed by atoms with Crippen molar-refractivity contribution in [3.05, 3.63) is 51.7 Å². The molecule has 1 aromatic heterocycles. The lowest BCUT2D eigenvalue weighted by Crippen LogP contribution is -2.08. The minimum Gasteiger partial charge on any atom is -0.478 e. The van der Waals surface area contributed by atoms with E-state index in [1.807, 2.05) is 0 Å². The zero-order valence-corrected chi connectivity index (χ0v) is 13.3. The highest BCUT2D eigenvalue weighted by atomic mass is 32.2. The van der Waals surface area contributed by atoms with Gasteiger partial charge in [0.25, 0.3) is 10.1 Å². The molecule has 0 unspecified atom stereocenters. The molecule has 0 radical (unpaired) electrons. The molecule has 124 valence electrons. The minimum atomic E-state index is -4.60. The summed E-state index contributed by atoms with van der Waals surface area (Å²) in [5.74, 6) is -1.20. The third kappa shape index (κ3) is 2.55. The molecule has 0 atom stereocenters. The van der Waals surface area contributed by atoms with Crippen LogP contribution in [0.4, 0.5) is 0 Å². The van der Waals surface area contributed by atoms with Gasteiger partial charge in [0.2, 0.25) is 5.43 Å². The number of aryl methyl sites for hydroxylation is 1. The largest absolute Gasteiger partial charge is 0.478 e. The van der Waals surface area contributed by atoms with Crippen LogP contribution in [0.15, 0.2) is 44.4 Å². The van der Waals surface area contributed by atoms with Gasteiger partial charge in [0.05, 0.1) is 16.3 Å².